The molecule has 0 unspecified atom stereocenters. The molecule has 8 heteroatoms. The van der Waals surface area contributed by atoms with Crippen LogP contribution in [-0.4, -0.2) is 36.6 Å². The number of hydrogen-bond acceptors (Lipinski definition) is 7. The standard InChI is InChI=1S/C24H37NO7/c1-14(2)21(22(27)28-3)25-20(26)13-15-4-6-23(7-5-15)29-31-24(32-30-23)18-9-16-8-17(11-18)12-19(24)10-16/h14-19,21H,4-13H2,1-3H3,(H,25,26)/t15?,16?,17?,18?,19?,21-,23?,24?/m0/s1. The van der Waals surface area contributed by atoms with E-state index in [1.807, 2.05) is 13.8 Å². The van der Waals surface area contributed by atoms with Crippen molar-refractivity contribution in [3.63, 3.8) is 0 Å². The molecule has 5 aliphatic carbocycles. The summed E-state index contributed by atoms with van der Waals surface area (Å²) in [5, 5.41) is 2.83. The number of carbonyl (C=O) groups is 2. The molecule has 6 aliphatic rings. The van der Waals surface area contributed by atoms with Crippen molar-refractivity contribution in [3.05, 3.63) is 0 Å². The highest BCUT2D eigenvalue weighted by atomic mass is 17.4. The van der Waals surface area contributed by atoms with Gasteiger partial charge >= 0.3 is 5.97 Å². The molecule has 1 amide bonds. The van der Waals surface area contributed by atoms with Gasteiger partial charge in [-0.15, -0.1) is 0 Å². The molecule has 0 aromatic heterocycles. The van der Waals surface area contributed by atoms with Crippen molar-refractivity contribution >= 4 is 11.9 Å². The lowest BCUT2D eigenvalue weighted by molar-refractivity contribution is -0.680. The van der Waals surface area contributed by atoms with Crippen molar-refractivity contribution in [1.29, 1.82) is 0 Å². The molecule has 4 bridgehead atoms. The van der Waals surface area contributed by atoms with Crippen LogP contribution in [0.2, 0.25) is 0 Å². The van der Waals surface area contributed by atoms with E-state index in [0.717, 1.165) is 50.4 Å². The van der Waals surface area contributed by atoms with Gasteiger partial charge in [-0.25, -0.2) is 4.79 Å². The van der Waals surface area contributed by atoms with E-state index >= 15 is 0 Å². The fraction of sp³-hybridized carbons (Fsp3) is 0.917. The normalized spacial score (nSPS) is 43.6. The minimum absolute atomic E-state index is 0.0307. The number of esters is 1. The fourth-order valence-corrected chi connectivity index (χ4v) is 7.03. The van der Waals surface area contributed by atoms with Crippen molar-refractivity contribution in [3.8, 4) is 0 Å². The molecule has 1 atom stereocenters. The zero-order chi connectivity index (χ0) is 22.5. The summed E-state index contributed by atoms with van der Waals surface area (Å²) in [6, 6.07) is -0.619. The highest BCUT2D eigenvalue weighted by Gasteiger charge is 2.64. The third kappa shape index (κ3) is 3.97. The molecule has 1 heterocycles. The second-order valence-electron chi connectivity index (χ2n) is 11.2. The van der Waals surface area contributed by atoms with Gasteiger partial charge in [0.25, 0.3) is 0 Å². The molecular weight excluding hydrogens is 414 g/mol. The van der Waals surface area contributed by atoms with E-state index in [1.54, 1.807) is 0 Å². The molecule has 1 N–H and O–H groups in total. The van der Waals surface area contributed by atoms with Gasteiger partial charge in [0.15, 0.2) is 0 Å². The van der Waals surface area contributed by atoms with Crippen molar-refractivity contribution in [1.82, 2.24) is 5.32 Å². The summed E-state index contributed by atoms with van der Waals surface area (Å²) < 4.78 is 4.81. The van der Waals surface area contributed by atoms with E-state index in [0.29, 0.717) is 31.1 Å². The first-order valence-electron chi connectivity index (χ1n) is 12.4. The maximum atomic E-state index is 12.5. The summed E-state index contributed by atoms with van der Waals surface area (Å²) in [7, 11) is 1.34. The Morgan fingerprint density at radius 2 is 1.50 bits per heavy atom. The van der Waals surface area contributed by atoms with E-state index in [1.165, 1.54) is 13.5 Å². The van der Waals surface area contributed by atoms with Gasteiger partial charge in [-0.2, -0.15) is 19.6 Å². The Balaban J connectivity index is 1.12. The quantitative estimate of drug-likeness (QED) is 0.504. The van der Waals surface area contributed by atoms with Gasteiger partial charge in [0.2, 0.25) is 17.5 Å². The number of amides is 1. The lowest BCUT2D eigenvalue weighted by Gasteiger charge is -2.60. The van der Waals surface area contributed by atoms with E-state index in [4.69, 9.17) is 24.3 Å². The van der Waals surface area contributed by atoms with Gasteiger partial charge in [-0.3, -0.25) is 4.79 Å². The van der Waals surface area contributed by atoms with E-state index in [2.05, 4.69) is 5.32 Å². The Labute approximate surface area is 189 Å². The lowest BCUT2D eigenvalue weighted by Crippen LogP contribution is -2.64. The molecule has 180 valence electrons. The van der Waals surface area contributed by atoms with Crippen LogP contribution >= 0.6 is 0 Å². The van der Waals surface area contributed by atoms with Gasteiger partial charge in [0.1, 0.15) is 6.04 Å². The summed E-state index contributed by atoms with van der Waals surface area (Å²) in [6.45, 7) is 3.78. The van der Waals surface area contributed by atoms with Gasteiger partial charge in [-0.05, 0) is 68.6 Å². The Kier molecular flexibility index (Phi) is 6.01. The van der Waals surface area contributed by atoms with Crippen LogP contribution in [0.25, 0.3) is 0 Å². The topological polar surface area (TPSA) is 92.3 Å². The lowest BCUT2D eigenvalue weighted by atomic mass is 9.53. The average molecular weight is 452 g/mol. The first kappa shape index (κ1) is 22.6. The molecule has 2 spiro atoms. The zero-order valence-corrected chi connectivity index (χ0v) is 19.5. The predicted molar refractivity (Wildman–Crippen MR) is 112 cm³/mol. The number of ether oxygens (including phenoxy) is 1. The van der Waals surface area contributed by atoms with Crippen LogP contribution < -0.4 is 5.32 Å². The number of hydrogen-bond donors (Lipinski definition) is 1. The SMILES string of the molecule is COC(=O)[C@@H](NC(=O)CC1CCC2(CC1)OOC1(OO2)C2CC3CC(C2)CC1C3)C(C)C. The van der Waals surface area contributed by atoms with Crippen LogP contribution in [0.1, 0.15) is 78.1 Å². The smallest absolute Gasteiger partial charge is 0.328 e. The maximum absolute atomic E-state index is 12.5. The molecule has 0 radical (unpaired) electrons. The Morgan fingerprint density at radius 3 is 2.00 bits per heavy atom. The van der Waals surface area contributed by atoms with Crippen LogP contribution in [0.5, 0.6) is 0 Å². The van der Waals surface area contributed by atoms with Crippen LogP contribution in [0.4, 0.5) is 0 Å². The van der Waals surface area contributed by atoms with Crippen LogP contribution in [0, 0.1) is 35.5 Å². The van der Waals surface area contributed by atoms with Gasteiger partial charge < -0.3 is 10.1 Å². The van der Waals surface area contributed by atoms with Crippen LogP contribution in [-0.2, 0) is 33.9 Å². The summed E-state index contributed by atoms with van der Waals surface area (Å²) in [4.78, 5) is 48.6. The molecule has 6 fully saturated rings. The molecule has 8 nitrogen and oxygen atoms in total. The molecule has 1 saturated heterocycles. The second kappa shape index (κ2) is 8.53. The van der Waals surface area contributed by atoms with Gasteiger partial charge in [0.05, 0.1) is 7.11 Å². The molecule has 5 saturated carbocycles. The first-order chi connectivity index (χ1) is 15.3. The monoisotopic (exact) mass is 451 g/mol. The largest absolute Gasteiger partial charge is 0.467 e. The number of rotatable bonds is 5. The second-order valence-corrected chi connectivity index (χ2v) is 11.2. The zero-order valence-electron chi connectivity index (χ0n) is 19.5. The van der Waals surface area contributed by atoms with Crippen molar-refractivity contribution < 1.29 is 33.9 Å². The van der Waals surface area contributed by atoms with Crippen molar-refractivity contribution in [2.24, 2.45) is 35.5 Å². The highest BCUT2D eigenvalue weighted by molar-refractivity contribution is 5.84. The van der Waals surface area contributed by atoms with Crippen LogP contribution in [0.3, 0.4) is 0 Å². The highest BCUT2D eigenvalue weighted by Crippen LogP contribution is 2.61. The minimum atomic E-state index is -0.876. The van der Waals surface area contributed by atoms with Crippen molar-refractivity contribution in [2.75, 3.05) is 7.11 Å². The molecule has 6 rings (SSSR count). The molecule has 0 aromatic carbocycles. The maximum Gasteiger partial charge on any atom is 0.328 e. The first-order valence-corrected chi connectivity index (χ1v) is 12.4. The molecule has 1 aliphatic heterocycles. The molecule has 32 heavy (non-hydrogen) atoms. The third-order valence-electron chi connectivity index (χ3n) is 8.70. The molecule has 0 aromatic rings. The van der Waals surface area contributed by atoms with E-state index in [9.17, 15) is 9.59 Å². The Bertz CT molecular complexity index is 690. The van der Waals surface area contributed by atoms with Crippen LogP contribution in [0.15, 0.2) is 0 Å². The van der Waals surface area contributed by atoms with Crippen molar-refractivity contribution in [2.45, 2.75) is 95.7 Å². The Morgan fingerprint density at radius 1 is 0.938 bits per heavy atom. The molecular formula is C24H37NO7. The van der Waals surface area contributed by atoms with E-state index < -0.39 is 23.6 Å². The Hall–Kier alpha value is -1.22. The van der Waals surface area contributed by atoms with Gasteiger partial charge in [-0.1, -0.05) is 13.8 Å². The predicted octanol–water partition coefficient (Wildman–Crippen LogP) is 3.64. The number of nitrogens with one attached hydrogen (secondary N) is 1. The number of carbonyl (C=O) groups excluding carboxylic acids is 2. The minimum Gasteiger partial charge on any atom is -0.467 e. The summed E-state index contributed by atoms with van der Waals surface area (Å²) in [5.74, 6) is 0.374. The summed E-state index contributed by atoms with van der Waals surface area (Å²) >= 11 is 0. The van der Waals surface area contributed by atoms with E-state index in [-0.39, 0.29) is 17.7 Å². The fourth-order valence-electron chi connectivity index (χ4n) is 7.03. The summed E-state index contributed by atoms with van der Waals surface area (Å²) in [6.07, 6.45) is 9.09. The van der Waals surface area contributed by atoms with Gasteiger partial charge in [0, 0.05) is 31.1 Å². The third-order valence-corrected chi connectivity index (χ3v) is 8.70. The number of methoxy groups -OCH3 is 1. The summed E-state index contributed by atoms with van der Waals surface area (Å²) in [5.41, 5.74) is 0. The average Bonchev–Trinajstić information content (AvgIpc) is 2.78.